The number of carboxylic acid groups (broad SMARTS) is 1. The molecule has 1 saturated carbocycles. The lowest BCUT2D eigenvalue weighted by atomic mass is 10.1. The van der Waals surface area contributed by atoms with E-state index in [9.17, 15) is 19.5 Å². The number of pyridine rings is 1. The van der Waals surface area contributed by atoms with Gasteiger partial charge in [-0.05, 0) is 73.5 Å². The first kappa shape index (κ1) is 32.1. The highest BCUT2D eigenvalue weighted by atomic mass is 79.9. The summed E-state index contributed by atoms with van der Waals surface area (Å²) in [5.41, 5.74) is 0.769. The second-order valence-corrected chi connectivity index (χ2v) is 13.6. The van der Waals surface area contributed by atoms with E-state index in [1.165, 1.54) is 18.3 Å². The van der Waals surface area contributed by atoms with Gasteiger partial charge in [-0.15, -0.1) is 11.3 Å². The molecule has 0 radical (unpaired) electrons. The number of ketones is 1. The van der Waals surface area contributed by atoms with Gasteiger partial charge in [0.1, 0.15) is 28.3 Å². The van der Waals surface area contributed by atoms with Crippen LogP contribution in [-0.2, 0) is 14.4 Å². The number of nitrogens with zero attached hydrogens (tertiary/aromatic N) is 3. The van der Waals surface area contributed by atoms with E-state index in [2.05, 4.69) is 27.0 Å². The van der Waals surface area contributed by atoms with Crippen molar-refractivity contribution in [1.29, 1.82) is 0 Å². The van der Waals surface area contributed by atoms with Crippen molar-refractivity contribution < 1.29 is 29.0 Å². The predicted octanol–water partition coefficient (Wildman–Crippen LogP) is 7.07. The molecule has 0 spiro atoms. The van der Waals surface area contributed by atoms with Crippen LogP contribution in [0.2, 0.25) is 0 Å². The molecule has 1 aromatic carbocycles. The molecule has 4 atom stereocenters. The van der Waals surface area contributed by atoms with Gasteiger partial charge >= 0.3 is 5.97 Å². The van der Waals surface area contributed by atoms with Crippen LogP contribution in [-0.4, -0.2) is 63.4 Å². The van der Waals surface area contributed by atoms with Gasteiger partial charge in [-0.1, -0.05) is 25.0 Å². The van der Waals surface area contributed by atoms with Crippen molar-refractivity contribution in [3.63, 3.8) is 0 Å². The van der Waals surface area contributed by atoms with Crippen LogP contribution in [0.15, 0.2) is 46.4 Å². The van der Waals surface area contributed by atoms with Gasteiger partial charge in [-0.3, -0.25) is 14.4 Å². The lowest BCUT2D eigenvalue weighted by Crippen LogP contribution is -2.39. The van der Waals surface area contributed by atoms with Crippen molar-refractivity contribution in [2.45, 2.75) is 77.4 Å². The molecule has 0 bridgehead atoms. The molecule has 1 amide bonds. The fourth-order valence-corrected chi connectivity index (χ4v) is 7.06. The number of carboxylic acids is 1. The zero-order chi connectivity index (χ0) is 31.4. The van der Waals surface area contributed by atoms with Crippen LogP contribution in [0.5, 0.6) is 11.5 Å². The molecule has 2 aliphatic rings. The number of amides is 1. The van der Waals surface area contributed by atoms with Crippen LogP contribution < -0.4 is 9.47 Å². The van der Waals surface area contributed by atoms with Gasteiger partial charge in [0.15, 0.2) is 5.78 Å². The van der Waals surface area contributed by atoms with Crippen LogP contribution >= 0.6 is 27.3 Å². The summed E-state index contributed by atoms with van der Waals surface area (Å²) in [6, 6.07) is 5.13. The summed E-state index contributed by atoms with van der Waals surface area (Å²) in [6.07, 6.45) is 11.7. The van der Waals surface area contributed by atoms with Crippen molar-refractivity contribution in [2.75, 3.05) is 13.7 Å². The smallest absolute Gasteiger partial charge is 0.309 e. The summed E-state index contributed by atoms with van der Waals surface area (Å²) in [5.74, 6) is 0.631. The molecule has 1 aliphatic heterocycles. The standard InChI is InChI=1S/C33H38BrN3O6S/c1-20(38)25-16-22(19-37(25)28(39)11-9-7-5-4-6-8-10-21-18-33(21,2)32(40)41)43-27-17-24(31-35-14-15-44-31)36-30-23(27)12-13-26(42-3)29(30)34/h8,10,12-15,17,21-22,25H,4-7,9,11,16,18-19H2,1-3H3,(H,40,41)/b10-8-/t21-,22-,25+,33+/m1/s1. The number of halogens is 1. The van der Waals surface area contributed by atoms with E-state index < -0.39 is 17.4 Å². The fourth-order valence-electron chi connectivity index (χ4n) is 5.87. The number of hydrogen-bond donors (Lipinski definition) is 1. The molecule has 2 aromatic heterocycles. The number of likely N-dealkylation sites (tertiary alicyclic amines) is 1. The largest absolute Gasteiger partial charge is 0.495 e. The van der Waals surface area contributed by atoms with Crippen molar-refractivity contribution in [3.8, 4) is 22.2 Å². The second kappa shape index (κ2) is 13.8. The number of ether oxygens (including phenoxy) is 2. The molecular weight excluding hydrogens is 646 g/mol. The van der Waals surface area contributed by atoms with E-state index in [1.807, 2.05) is 29.7 Å². The minimum absolute atomic E-state index is 0.0200. The second-order valence-electron chi connectivity index (χ2n) is 11.9. The number of thiazole rings is 1. The van der Waals surface area contributed by atoms with Gasteiger partial charge in [-0.25, -0.2) is 9.97 Å². The van der Waals surface area contributed by atoms with Gasteiger partial charge in [0, 0.05) is 35.9 Å². The molecule has 0 unspecified atom stereocenters. The molecule has 9 nitrogen and oxygen atoms in total. The van der Waals surface area contributed by atoms with E-state index >= 15 is 0 Å². The van der Waals surface area contributed by atoms with E-state index in [-0.39, 0.29) is 23.7 Å². The normalized spacial score (nSPS) is 22.9. The fraction of sp³-hybridized carbons (Fsp3) is 0.485. The average molecular weight is 685 g/mol. The van der Waals surface area contributed by atoms with Gasteiger partial charge in [0.05, 0.1) is 35.1 Å². The van der Waals surface area contributed by atoms with Crippen LogP contribution in [0.3, 0.4) is 0 Å². The number of hydrogen-bond acceptors (Lipinski definition) is 8. The summed E-state index contributed by atoms with van der Waals surface area (Å²) in [6.45, 7) is 3.68. The Morgan fingerprint density at radius 1 is 1.20 bits per heavy atom. The van der Waals surface area contributed by atoms with E-state index in [1.54, 1.807) is 25.1 Å². The highest BCUT2D eigenvalue weighted by molar-refractivity contribution is 9.10. The molecule has 3 aromatic rings. The Labute approximate surface area is 269 Å². The Balaban J connectivity index is 1.18. The minimum atomic E-state index is -0.722. The Morgan fingerprint density at radius 3 is 2.68 bits per heavy atom. The predicted molar refractivity (Wildman–Crippen MR) is 173 cm³/mol. The zero-order valence-corrected chi connectivity index (χ0v) is 27.7. The number of carbonyl (C=O) groups excluding carboxylic acids is 2. The molecule has 1 aliphatic carbocycles. The van der Waals surface area contributed by atoms with Crippen molar-refractivity contribution in [3.05, 3.63) is 46.4 Å². The third-order valence-electron chi connectivity index (χ3n) is 8.73. The maximum absolute atomic E-state index is 13.3. The number of Topliss-reactive ketones (excluding diaryl/α,β-unsaturated/α-hetero) is 1. The minimum Gasteiger partial charge on any atom is -0.495 e. The Hall–Kier alpha value is -3.31. The number of fused-ring (bicyclic) bond motifs is 1. The van der Waals surface area contributed by atoms with E-state index in [0.717, 1.165) is 42.5 Å². The van der Waals surface area contributed by atoms with Crippen LogP contribution in [0, 0.1) is 11.3 Å². The highest BCUT2D eigenvalue weighted by Gasteiger charge is 2.54. The average Bonchev–Trinajstić information content (AvgIpc) is 3.35. The zero-order valence-electron chi connectivity index (χ0n) is 25.3. The van der Waals surface area contributed by atoms with E-state index in [4.69, 9.17) is 14.5 Å². The molecule has 44 heavy (non-hydrogen) atoms. The van der Waals surface area contributed by atoms with Gasteiger partial charge in [0.2, 0.25) is 5.91 Å². The number of unbranched alkanes of at least 4 members (excludes halogenated alkanes) is 4. The van der Waals surface area contributed by atoms with Crippen LogP contribution in [0.1, 0.15) is 65.2 Å². The first-order chi connectivity index (χ1) is 21.1. The van der Waals surface area contributed by atoms with Gasteiger partial charge < -0.3 is 19.5 Å². The Kier molecular flexibility index (Phi) is 10.0. The monoisotopic (exact) mass is 683 g/mol. The third-order valence-corrected chi connectivity index (χ3v) is 10.3. The summed E-state index contributed by atoms with van der Waals surface area (Å²) in [5, 5.41) is 12.7. The number of allylic oxidation sites excluding steroid dienone is 2. The van der Waals surface area contributed by atoms with Crippen LogP contribution in [0.25, 0.3) is 21.6 Å². The van der Waals surface area contributed by atoms with Crippen molar-refractivity contribution in [2.24, 2.45) is 11.3 Å². The molecular formula is C33H38BrN3O6S. The number of rotatable bonds is 14. The first-order valence-corrected chi connectivity index (χ1v) is 16.7. The summed E-state index contributed by atoms with van der Waals surface area (Å²) in [7, 11) is 1.60. The number of carbonyl (C=O) groups is 3. The maximum atomic E-state index is 13.3. The first-order valence-electron chi connectivity index (χ1n) is 15.1. The Morgan fingerprint density at radius 2 is 2.00 bits per heavy atom. The molecule has 11 heteroatoms. The lowest BCUT2D eigenvalue weighted by molar-refractivity contribution is -0.143. The van der Waals surface area contributed by atoms with Crippen molar-refractivity contribution >= 4 is 55.8 Å². The topological polar surface area (TPSA) is 119 Å². The molecule has 2 fully saturated rings. The molecule has 5 rings (SSSR count). The molecule has 3 heterocycles. The van der Waals surface area contributed by atoms with Crippen molar-refractivity contribution in [1.82, 2.24) is 14.9 Å². The summed E-state index contributed by atoms with van der Waals surface area (Å²) >= 11 is 5.11. The lowest BCUT2D eigenvalue weighted by Gasteiger charge is -2.22. The molecule has 1 N–H and O–H groups in total. The number of benzene rings is 1. The van der Waals surface area contributed by atoms with Gasteiger partial charge in [0.25, 0.3) is 0 Å². The van der Waals surface area contributed by atoms with Crippen LogP contribution in [0.4, 0.5) is 0 Å². The molecule has 1 saturated heterocycles. The Bertz CT molecular complexity index is 1560. The molecule has 234 valence electrons. The van der Waals surface area contributed by atoms with Gasteiger partial charge in [-0.2, -0.15) is 0 Å². The number of aromatic nitrogens is 2. The highest BCUT2D eigenvalue weighted by Crippen LogP contribution is 2.53. The number of aliphatic carboxylic acids is 1. The summed E-state index contributed by atoms with van der Waals surface area (Å²) < 4.78 is 12.7. The summed E-state index contributed by atoms with van der Waals surface area (Å²) in [4.78, 5) is 48.0. The maximum Gasteiger partial charge on any atom is 0.309 e. The quantitative estimate of drug-likeness (QED) is 0.142. The number of methoxy groups -OCH3 is 1. The SMILES string of the molecule is COc1ccc2c(O[C@@H]3C[C@@H](C(C)=O)N(C(=O)CCCCCC/C=C\[C@@H]4C[C@]4(C)C(=O)O)C3)cc(-c3nccs3)nc2c1Br. The van der Waals surface area contributed by atoms with E-state index in [0.29, 0.717) is 53.0 Å². The third kappa shape index (κ3) is 6.99.